The first kappa shape index (κ1) is 19.3. The van der Waals surface area contributed by atoms with Crippen molar-refractivity contribution in [1.82, 2.24) is 4.57 Å². The number of aliphatic imine (C=N–C) groups is 1. The predicted molar refractivity (Wildman–Crippen MR) is 108 cm³/mol. The van der Waals surface area contributed by atoms with Gasteiger partial charge < -0.3 is 9.67 Å². The number of aryl methyl sites for hydroxylation is 1. The lowest BCUT2D eigenvalue weighted by molar-refractivity contribution is -0.384. The molecular weight excluding hydrogens is 382 g/mol. The number of carboxylic acid groups (broad SMARTS) is 1. The summed E-state index contributed by atoms with van der Waals surface area (Å²) in [5.41, 5.74) is 3.87. The maximum atomic E-state index is 11.1. The van der Waals surface area contributed by atoms with Crippen LogP contribution in [-0.4, -0.2) is 26.8 Å². The number of halogens is 1. The summed E-state index contributed by atoms with van der Waals surface area (Å²) >= 11 is 6.09. The Bertz CT molecular complexity index is 1120. The van der Waals surface area contributed by atoms with Crippen LogP contribution < -0.4 is 0 Å². The molecular formula is C20H16ClN3O4. The number of aromatic nitrogens is 1. The Morgan fingerprint density at radius 1 is 1.21 bits per heavy atom. The lowest BCUT2D eigenvalue weighted by atomic mass is 10.2. The van der Waals surface area contributed by atoms with Gasteiger partial charge in [0.1, 0.15) is 0 Å². The van der Waals surface area contributed by atoms with Gasteiger partial charge in [0, 0.05) is 41.0 Å². The van der Waals surface area contributed by atoms with E-state index in [-0.39, 0.29) is 16.3 Å². The summed E-state index contributed by atoms with van der Waals surface area (Å²) in [6.45, 7) is 3.82. The first-order valence-corrected chi connectivity index (χ1v) is 8.66. The number of nitrogens with zero attached hydrogens (tertiary/aromatic N) is 3. The number of rotatable bonds is 5. The van der Waals surface area contributed by atoms with Crippen molar-refractivity contribution in [2.45, 2.75) is 13.8 Å². The van der Waals surface area contributed by atoms with Gasteiger partial charge in [0.05, 0.1) is 21.2 Å². The molecule has 0 saturated heterocycles. The zero-order valence-corrected chi connectivity index (χ0v) is 15.8. The van der Waals surface area contributed by atoms with E-state index in [1.54, 1.807) is 30.5 Å². The van der Waals surface area contributed by atoms with E-state index < -0.39 is 10.9 Å². The van der Waals surface area contributed by atoms with Crippen LogP contribution in [0.25, 0.3) is 5.69 Å². The zero-order chi connectivity index (χ0) is 20.4. The SMILES string of the molecule is Cc1cc(C=Nc2cccc([N+](=O)[O-])c2)c(C)n1-c1ccc(C(=O)O)c(Cl)c1. The van der Waals surface area contributed by atoms with Gasteiger partial charge in [-0.1, -0.05) is 17.7 Å². The van der Waals surface area contributed by atoms with Crippen molar-refractivity contribution in [3.63, 3.8) is 0 Å². The summed E-state index contributed by atoms with van der Waals surface area (Å²) < 4.78 is 1.94. The second-order valence-corrected chi connectivity index (χ2v) is 6.57. The van der Waals surface area contributed by atoms with Crippen molar-refractivity contribution in [3.8, 4) is 5.69 Å². The minimum Gasteiger partial charge on any atom is -0.478 e. The molecule has 1 aromatic heterocycles. The molecule has 0 aliphatic rings. The number of nitro benzene ring substituents is 1. The lowest BCUT2D eigenvalue weighted by Crippen LogP contribution is -2.02. The van der Waals surface area contributed by atoms with E-state index in [1.807, 2.05) is 24.5 Å². The van der Waals surface area contributed by atoms with Crippen molar-refractivity contribution < 1.29 is 14.8 Å². The highest BCUT2D eigenvalue weighted by molar-refractivity contribution is 6.33. The molecule has 1 N–H and O–H groups in total. The lowest BCUT2D eigenvalue weighted by Gasteiger charge is -2.11. The van der Waals surface area contributed by atoms with Gasteiger partial charge in [-0.3, -0.25) is 15.1 Å². The van der Waals surface area contributed by atoms with E-state index in [4.69, 9.17) is 16.7 Å². The van der Waals surface area contributed by atoms with E-state index in [1.165, 1.54) is 18.2 Å². The first-order chi connectivity index (χ1) is 13.3. The Morgan fingerprint density at radius 2 is 1.96 bits per heavy atom. The Kier molecular flexibility index (Phi) is 5.28. The van der Waals surface area contributed by atoms with E-state index in [9.17, 15) is 14.9 Å². The molecule has 0 aliphatic carbocycles. The van der Waals surface area contributed by atoms with Crippen LogP contribution >= 0.6 is 11.6 Å². The van der Waals surface area contributed by atoms with Crippen molar-refractivity contribution in [3.05, 3.63) is 86.2 Å². The largest absolute Gasteiger partial charge is 0.478 e. The predicted octanol–water partition coefficient (Wildman–Crippen LogP) is 5.10. The van der Waals surface area contributed by atoms with Gasteiger partial charge in [-0.15, -0.1) is 0 Å². The molecule has 0 bridgehead atoms. The van der Waals surface area contributed by atoms with Crippen molar-refractivity contribution in [1.29, 1.82) is 0 Å². The summed E-state index contributed by atoms with van der Waals surface area (Å²) in [6.07, 6.45) is 1.64. The van der Waals surface area contributed by atoms with E-state index >= 15 is 0 Å². The molecule has 2 aromatic carbocycles. The van der Waals surface area contributed by atoms with Gasteiger partial charge in [-0.05, 0) is 44.2 Å². The van der Waals surface area contributed by atoms with Gasteiger partial charge in [0.25, 0.3) is 5.69 Å². The number of hydrogen-bond acceptors (Lipinski definition) is 4. The summed E-state index contributed by atoms with van der Waals surface area (Å²) in [6, 6.07) is 12.8. The average molecular weight is 398 g/mol. The molecule has 1 heterocycles. The third-order valence-electron chi connectivity index (χ3n) is 4.30. The number of non-ortho nitro benzene ring substituents is 1. The van der Waals surface area contributed by atoms with Crippen LogP contribution in [0, 0.1) is 24.0 Å². The highest BCUT2D eigenvalue weighted by atomic mass is 35.5. The number of nitro groups is 1. The Hall–Kier alpha value is -3.45. The topological polar surface area (TPSA) is 97.7 Å². The molecule has 7 nitrogen and oxygen atoms in total. The molecule has 0 atom stereocenters. The number of hydrogen-bond donors (Lipinski definition) is 1. The average Bonchev–Trinajstić information content (AvgIpc) is 2.93. The van der Waals surface area contributed by atoms with Crippen molar-refractivity contribution in [2.75, 3.05) is 0 Å². The van der Waals surface area contributed by atoms with E-state index in [2.05, 4.69) is 4.99 Å². The number of carbonyl (C=O) groups is 1. The molecule has 142 valence electrons. The third-order valence-corrected chi connectivity index (χ3v) is 4.62. The van der Waals surface area contributed by atoms with Crippen molar-refractivity contribution >= 4 is 35.2 Å². The quantitative estimate of drug-likeness (QED) is 0.367. The maximum Gasteiger partial charge on any atom is 0.337 e. The van der Waals surface area contributed by atoms with Crippen LogP contribution in [0.15, 0.2) is 53.5 Å². The highest BCUT2D eigenvalue weighted by Crippen LogP contribution is 2.26. The van der Waals surface area contributed by atoms with Gasteiger partial charge >= 0.3 is 5.97 Å². The summed E-state index contributed by atoms with van der Waals surface area (Å²) in [7, 11) is 0. The van der Waals surface area contributed by atoms with Crippen LogP contribution in [-0.2, 0) is 0 Å². The summed E-state index contributed by atoms with van der Waals surface area (Å²) in [4.78, 5) is 25.9. The molecule has 0 radical (unpaired) electrons. The molecule has 0 saturated carbocycles. The monoisotopic (exact) mass is 397 g/mol. The zero-order valence-electron chi connectivity index (χ0n) is 15.1. The molecule has 0 aliphatic heterocycles. The second-order valence-electron chi connectivity index (χ2n) is 6.17. The summed E-state index contributed by atoms with van der Waals surface area (Å²) in [5, 5.41) is 20.2. The molecule has 8 heteroatoms. The smallest absolute Gasteiger partial charge is 0.337 e. The normalized spacial score (nSPS) is 11.1. The van der Waals surface area contributed by atoms with Crippen LogP contribution in [0.2, 0.25) is 5.02 Å². The Balaban J connectivity index is 1.96. The van der Waals surface area contributed by atoms with E-state index in [0.29, 0.717) is 5.69 Å². The Labute approximate surface area is 165 Å². The third kappa shape index (κ3) is 3.79. The van der Waals surface area contributed by atoms with E-state index in [0.717, 1.165) is 22.6 Å². The standard InChI is InChI=1S/C20H16ClN3O4/c1-12-8-14(11-22-15-4-3-5-17(9-15)24(27)28)13(2)23(12)16-6-7-18(20(25)26)19(21)10-16/h3-11H,1-2H3,(H,25,26). The number of benzene rings is 2. The van der Waals surface area contributed by atoms with Gasteiger partial charge in [-0.2, -0.15) is 0 Å². The highest BCUT2D eigenvalue weighted by Gasteiger charge is 2.14. The van der Waals surface area contributed by atoms with Crippen molar-refractivity contribution in [2.24, 2.45) is 4.99 Å². The molecule has 3 rings (SSSR count). The van der Waals surface area contributed by atoms with Crippen LogP contribution in [0.3, 0.4) is 0 Å². The van der Waals surface area contributed by atoms with Crippen LogP contribution in [0.1, 0.15) is 27.3 Å². The number of aromatic carboxylic acids is 1. The molecule has 28 heavy (non-hydrogen) atoms. The molecule has 0 fully saturated rings. The second kappa shape index (κ2) is 7.66. The fourth-order valence-corrected chi connectivity index (χ4v) is 3.22. The fourth-order valence-electron chi connectivity index (χ4n) is 2.96. The molecule has 0 spiro atoms. The Morgan fingerprint density at radius 3 is 2.61 bits per heavy atom. The number of carboxylic acids is 1. The minimum absolute atomic E-state index is 0.0201. The van der Waals surface area contributed by atoms with Crippen LogP contribution in [0.4, 0.5) is 11.4 Å². The molecule has 3 aromatic rings. The van der Waals surface area contributed by atoms with Gasteiger partial charge in [-0.25, -0.2) is 4.79 Å². The van der Waals surface area contributed by atoms with Gasteiger partial charge in [0.15, 0.2) is 0 Å². The van der Waals surface area contributed by atoms with Crippen LogP contribution in [0.5, 0.6) is 0 Å². The maximum absolute atomic E-state index is 11.1. The fraction of sp³-hybridized carbons (Fsp3) is 0.100. The summed E-state index contributed by atoms with van der Waals surface area (Å²) in [5.74, 6) is -1.08. The minimum atomic E-state index is -1.08. The molecule has 0 unspecified atom stereocenters. The molecule has 0 amide bonds. The first-order valence-electron chi connectivity index (χ1n) is 8.28. The van der Waals surface area contributed by atoms with Gasteiger partial charge in [0.2, 0.25) is 0 Å².